The van der Waals surface area contributed by atoms with Crippen molar-refractivity contribution in [2.75, 3.05) is 18.4 Å². The van der Waals surface area contributed by atoms with Crippen LogP contribution >= 0.6 is 0 Å². The van der Waals surface area contributed by atoms with Crippen molar-refractivity contribution in [2.45, 2.75) is 27.2 Å². The lowest BCUT2D eigenvalue weighted by Gasteiger charge is -2.27. The molecule has 0 atom stereocenters. The highest BCUT2D eigenvalue weighted by molar-refractivity contribution is 6.03. The molecule has 1 saturated heterocycles. The molecule has 0 saturated carbocycles. The molecule has 1 aliphatic heterocycles. The fourth-order valence-corrected chi connectivity index (χ4v) is 3.24. The molecular weight excluding hydrogens is 382 g/mol. The van der Waals surface area contributed by atoms with Gasteiger partial charge in [0.1, 0.15) is 16.9 Å². The van der Waals surface area contributed by atoms with Crippen molar-refractivity contribution in [1.82, 2.24) is 15.2 Å². The first-order valence-corrected chi connectivity index (χ1v) is 8.83. The van der Waals surface area contributed by atoms with Gasteiger partial charge >= 0.3 is 0 Å². The maximum Gasteiger partial charge on any atom is 0.282 e. The molecule has 1 N–H and O–H groups in total. The number of aromatic nitrogens is 1. The van der Waals surface area contributed by atoms with E-state index in [1.54, 1.807) is 13.8 Å². The topological polar surface area (TPSA) is 139 Å². The van der Waals surface area contributed by atoms with Gasteiger partial charge in [0, 0.05) is 31.8 Å². The third-order valence-electron chi connectivity index (χ3n) is 4.49. The Labute approximate surface area is 165 Å². The molecule has 1 aliphatic rings. The van der Waals surface area contributed by atoms with E-state index in [1.165, 1.54) is 29.1 Å². The fourth-order valence-electron chi connectivity index (χ4n) is 3.24. The highest BCUT2D eigenvalue weighted by Gasteiger charge is 2.36. The van der Waals surface area contributed by atoms with Crippen LogP contribution in [-0.2, 0) is 4.79 Å². The summed E-state index contributed by atoms with van der Waals surface area (Å²) < 4.78 is 5.03. The van der Waals surface area contributed by atoms with E-state index in [1.807, 2.05) is 0 Å². The molecular formula is C18H19N5O6. The summed E-state index contributed by atoms with van der Waals surface area (Å²) in [4.78, 5) is 48.1. The Morgan fingerprint density at radius 3 is 2.38 bits per heavy atom. The predicted octanol–water partition coefficient (Wildman–Crippen LogP) is 2.06. The normalized spacial score (nSPS) is 13.5. The standard InChI is InChI=1S/C18H19N5O6/c1-10-16(11(2)29-20-10)18(26)22-8-4-7-21(22)17(25)14-9-13(19-12(3)24)5-6-15(14)23(27)28/h5-6,9H,4,7-8H2,1-3H3,(H,19,24). The van der Waals surface area contributed by atoms with Gasteiger partial charge in [-0.25, -0.2) is 10.0 Å². The molecule has 0 unspecified atom stereocenters. The SMILES string of the molecule is CC(=O)Nc1ccc([N+](=O)[O-])c(C(=O)N2CCCN2C(=O)c2c(C)noc2C)c1. The molecule has 0 aliphatic carbocycles. The van der Waals surface area contributed by atoms with Crippen LogP contribution in [-0.4, -0.2) is 50.9 Å². The first-order chi connectivity index (χ1) is 13.7. The van der Waals surface area contributed by atoms with Gasteiger partial charge in [-0.05, 0) is 32.4 Å². The fraction of sp³-hybridized carbons (Fsp3) is 0.333. The molecule has 0 bridgehead atoms. The van der Waals surface area contributed by atoms with Crippen LogP contribution in [0.4, 0.5) is 11.4 Å². The number of hydrogen-bond acceptors (Lipinski definition) is 7. The van der Waals surface area contributed by atoms with Crippen molar-refractivity contribution in [3.05, 3.63) is 50.9 Å². The summed E-state index contributed by atoms with van der Waals surface area (Å²) in [6, 6.07) is 3.72. The van der Waals surface area contributed by atoms with Gasteiger partial charge < -0.3 is 9.84 Å². The minimum Gasteiger partial charge on any atom is -0.361 e. The zero-order chi connectivity index (χ0) is 21.3. The van der Waals surface area contributed by atoms with Crippen LogP contribution in [0.1, 0.15) is 45.5 Å². The van der Waals surface area contributed by atoms with Crippen molar-refractivity contribution >= 4 is 29.1 Å². The van der Waals surface area contributed by atoms with Crippen LogP contribution < -0.4 is 5.32 Å². The number of amides is 3. The summed E-state index contributed by atoms with van der Waals surface area (Å²) in [6.07, 6.45) is 0.514. The van der Waals surface area contributed by atoms with Crippen LogP contribution in [0.5, 0.6) is 0 Å². The Bertz CT molecular complexity index is 995. The predicted molar refractivity (Wildman–Crippen MR) is 100 cm³/mol. The number of hydrogen-bond donors (Lipinski definition) is 1. The number of carbonyl (C=O) groups is 3. The monoisotopic (exact) mass is 401 g/mol. The zero-order valence-corrected chi connectivity index (χ0v) is 16.1. The molecule has 3 rings (SSSR count). The second-order valence-electron chi connectivity index (χ2n) is 6.58. The van der Waals surface area contributed by atoms with Gasteiger partial charge in [0.25, 0.3) is 17.5 Å². The molecule has 1 aromatic carbocycles. The van der Waals surface area contributed by atoms with Gasteiger partial charge in [0.05, 0.1) is 10.6 Å². The molecule has 11 nitrogen and oxygen atoms in total. The minimum atomic E-state index is -0.707. The van der Waals surface area contributed by atoms with E-state index in [4.69, 9.17) is 4.52 Å². The lowest BCUT2D eigenvalue weighted by atomic mass is 10.1. The molecule has 11 heteroatoms. The molecule has 3 amide bonds. The first kappa shape index (κ1) is 20.0. The lowest BCUT2D eigenvalue weighted by Crippen LogP contribution is -2.45. The molecule has 1 aromatic heterocycles. The van der Waals surface area contributed by atoms with Crippen LogP contribution in [0.3, 0.4) is 0 Å². The Morgan fingerprint density at radius 2 is 1.83 bits per heavy atom. The molecule has 0 radical (unpaired) electrons. The number of aryl methyl sites for hydroxylation is 2. The van der Waals surface area contributed by atoms with Crippen molar-refractivity contribution in [2.24, 2.45) is 0 Å². The van der Waals surface area contributed by atoms with Gasteiger partial charge in [-0.2, -0.15) is 0 Å². The van der Waals surface area contributed by atoms with E-state index in [9.17, 15) is 24.5 Å². The van der Waals surface area contributed by atoms with Crippen LogP contribution in [0.25, 0.3) is 0 Å². The summed E-state index contributed by atoms with van der Waals surface area (Å²) >= 11 is 0. The van der Waals surface area contributed by atoms with Gasteiger partial charge in [-0.3, -0.25) is 24.5 Å². The second-order valence-corrected chi connectivity index (χ2v) is 6.58. The number of benzene rings is 1. The number of nitrogens with one attached hydrogen (secondary N) is 1. The van der Waals surface area contributed by atoms with Crippen LogP contribution in [0.15, 0.2) is 22.7 Å². The van der Waals surface area contributed by atoms with E-state index in [2.05, 4.69) is 10.5 Å². The quantitative estimate of drug-likeness (QED) is 0.611. The number of carbonyl (C=O) groups excluding carboxylic acids is 3. The second kappa shape index (κ2) is 7.70. The number of anilines is 1. The van der Waals surface area contributed by atoms with Gasteiger partial charge in [0.15, 0.2) is 0 Å². The van der Waals surface area contributed by atoms with E-state index < -0.39 is 22.4 Å². The molecule has 2 heterocycles. The Kier molecular flexibility index (Phi) is 5.31. The average Bonchev–Trinajstić information content (AvgIpc) is 3.26. The van der Waals surface area contributed by atoms with E-state index in [0.717, 1.165) is 6.07 Å². The third kappa shape index (κ3) is 3.79. The Morgan fingerprint density at radius 1 is 1.17 bits per heavy atom. The molecule has 29 heavy (non-hydrogen) atoms. The Hall–Kier alpha value is -3.76. The van der Waals surface area contributed by atoms with Crippen LogP contribution in [0, 0.1) is 24.0 Å². The van der Waals surface area contributed by atoms with E-state index in [-0.39, 0.29) is 35.8 Å². The summed E-state index contributed by atoms with van der Waals surface area (Å²) in [5, 5.41) is 20.1. The highest BCUT2D eigenvalue weighted by Crippen LogP contribution is 2.27. The van der Waals surface area contributed by atoms with E-state index in [0.29, 0.717) is 17.9 Å². The van der Waals surface area contributed by atoms with Crippen molar-refractivity contribution in [1.29, 1.82) is 0 Å². The number of rotatable bonds is 4. The largest absolute Gasteiger partial charge is 0.361 e. The number of nitrogens with zero attached hydrogens (tertiary/aromatic N) is 4. The maximum absolute atomic E-state index is 13.1. The lowest BCUT2D eigenvalue weighted by molar-refractivity contribution is -0.385. The van der Waals surface area contributed by atoms with Gasteiger partial charge in [-0.1, -0.05) is 5.16 Å². The summed E-state index contributed by atoms with van der Waals surface area (Å²) in [7, 11) is 0. The average molecular weight is 401 g/mol. The van der Waals surface area contributed by atoms with Crippen molar-refractivity contribution in [3.8, 4) is 0 Å². The molecule has 1 fully saturated rings. The van der Waals surface area contributed by atoms with E-state index >= 15 is 0 Å². The molecule has 0 spiro atoms. The minimum absolute atomic E-state index is 0.218. The first-order valence-electron chi connectivity index (χ1n) is 8.83. The van der Waals surface area contributed by atoms with Crippen molar-refractivity contribution < 1.29 is 23.8 Å². The maximum atomic E-state index is 13.1. The number of nitro groups is 1. The number of nitro benzene ring substituents is 1. The smallest absolute Gasteiger partial charge is 0.282 e. The van der Waals surface area contributed by atoms with Gasteiger partial charge in [-0.15, -0.1) is 0 Å². The highest BCUT2D eigenvalue weighted by atomic mass is 16.6. The third-order valence-corrected chi connectivity index (χ3v) is 4.49. The summed E-state index contributed by atoms with van der Waals surface area (Å²) in [6.45, 7) is 4.99. The zero-order valence-electron chi connectivity index (χ0n) is 16.1. The molecule has 2 aromatic rings. The summed E-state index contributed by atoms with van der Waals surface area (Å²) in [5.41, 5.74) is 0.256. The summed E-state index contributed by atoms with van der Waals surface area (Å²) in [5.74, 6) is -1.23. The van der Waals surface area contributed by atoms with Gasteiger partial charge in [0.2, 0.25) is 5.91 Å². The Balaban J connectivity index is 1.97. The van der Waals surface area contributed by atoms with Crippen molar-refractivity contribution in [3.63, 3.8) is 0 Å². The molecule has 152 valence electrons. The number of hydrazine groups is 1. The van der Waals surface area contributed by atoms with Crippen LogP contribution in [0.2, 0.25) is 0 Å².